The van der Waals surface area contributed by atoms with Crippen molar-refractivity contribution in [1.29, 1.82) is 0 Å². The summed E-state index contributed by atoms with van der Waals surface area (Å²) in [6, 6.07) is 10.3. The van der Waals surface area contributed by atoms with Gasteiger partial charge in [-0.1, -0.05) is 12.1 Å². The zero-order valence-electron chi connectivity index (χ0n) is 15.0. The van der Waals surface area contributed by atoms with Crippen molar-refractivity contribution in [1.82, 2.24) is 4.90 Å². The molecule has 0 N–H and O–H groups in total. The molecule has 2 aromatic rings. The smallest absolute Gasteiger partial charge is 0.334 e. The number of esters is 1. The number of carbonyl (C=O) groups excluding carboxylic acids is 3. The van der Waals surface area contributed by atoms with E-state index in [0.29, 0.717) is 34.8 Å². The van der Waals surface area contributed by atoms with E-state index in [-0.39, 0.29) is 12.5 Å². The zero-order chi connectivity index (χ0) is 19.7. The summed E-state index contributed by atoms with van der Waals surface area (Å²) < 4.78 is 16.0. The van der Waals surface area contributed by atoms with Crippen LogP contribution in [0.1, 0.15) is 27.1 Å². The van der Waals surface area contributed by atoms with E-state index >= 15 is 0 Å². The van der Waals surface area contributed by atoms with Crippen LogP contribution in [-0.2, 0) is 4.79 Å². The molecule has 7 nitrogen and oxygen atoms in total. The fourth-order valence-corrected chi connectivity index (χ4v) is 3.66. The minimum Gasteiger partial charge on any atom is -0.454 e. The van der Waals surface area contributed by atoms with E-state index in [0.717, 1.165) is 4.90 Å². The molecular weight excluding hydrogens is 382 g/mol. The Morgan fingerprint density at radius 2 is 1.79 bits per heavy atom. The van der Waals surface area contributed by atoms with Crippen molar-refractivity contribution < 1.29 is 28.6 Å². The van der Waals surface area contributed by atoms with Crippen LogP contribution in [0.4, 0.5) is 0 Å². The van der Waals surface area contributed by atoms with Gasteiger partial charge in [-0.15, -0.1) is 0 Å². The van der Waals surface area contributed by atoms with Gasteiger partial charge >= 0.3 is 5.97 Å². The van der Waals surface area contributed by atoms with Gasteiger partial charge in [0.15, 0.2) is 11.5 Å². The summed E-state index contributed by atoms with van der Waals surface area (Å²) >= 11 is 1.52. The lowest BCUT2D eigenvalue weighted by Gasteiger charge is -2.24. The lowest BCUT2D eigenvalue weighted by molar-refractivity contribution is -0.138. The first-order valence-corrected chi connectivity index (χ1v) is 10.1. The van der Waals surface area contributed by atoms with Crippen LogP contribution in [0.5, 0.6) is 17.2 Å². The number of nitrogens with zero attached hydrogens (tertiary/aromatic N) is 1. The molecule has 8 heteroatoms. The van der Waals surface area contributed by atoms with E-state index in [1.165, 1.54) is 11.8 Å². The Labute approximate surface area is 165 Å². The summed E-state index contributed by atoms with van der Waals surface area (Å²) in [7, 11) is 0. The predicted molar refractivity (Wildman–Crippen MR) is 102 cm³/mol. The molecule has 1 atom stereocenters. The molecule has 0 bridgehead atoms. The molecule has 0 unspecified atom stereocenters. The SMILES string of the molecule is CSCC[C@@H](C(=O)Oc1ccc2c(c1)OCO2)N1C(=O)c2ccccc2C1=O. The maximum absolute atomic E-state index is 12.9. The summed E-state index contributed by atoms with van der Waals surface area (Å²) in [6.07, 6.45) is 2.19. The highest BCUT2D eigenvalue weighted by Crippen LogP contribution is 2.35. The number of ether oxygens (including phenoxy) is 3. The average Bonchev–Trinajstić information content (AvgIpc) is 3.26. The number of fused-ring (bicyclic) bond motifs is 2. The van der Waals surface area contributed by atoms with Crippen LogP contribution < -0.4 is 14.2 Å². The highest BCUT2D eigenvalue weighted by Gasteiger charge is 2.43. The highest BCUT2D eigenvalue weighted by molar-refractivity contribution is 7.98. The van der Waals surface area contributed by atoms with Gasteiger partial charge < -0.3 is 14.2 Å². The number of carbonyl (C=O) groups is 3. The van der Waals surface area contributed by atoms with Crippen molar-refractivity contribution in [3.8, 4) is 17.2 Å². The lowest BCUT2D eigenvalue weighted by Crippen LogP contribution is -2.47. The first kappa shape index (κ1) is 18.4. The number of imide groups is 1. The summed E-state index contributed by atoms with van der Waals surface area (Å²) in [5.74, 6) is 0.283. The first-order chi connectivity index (χ1) is 13.6. The van der Waals surface area contributed by atoms with Crippen molar-refractivity contribution >= 4 is 29.5 Å². The number of benzene rings is 2. The maximum atomic E-state index is 12.9. The summed E-state index contributed by atoms with van der Waals surface area (Å²) in [5.41, 5.74) is 0.607. The molecule has 2 aromatic carbocycles. The van der Waals surface area contributed by atoms with Gasteiger partial charge in [0.1, 0.15) is 11.8 Å². The zero-order valence-corrected chi connectivity index (χ0v) is 15.9. The number of hydrogen-bond acceptors (Lipinski definition) is 7. The van der Waals surface area contributed by atoms with Gasteiger partial charge in [-0.2, -0.15) is 11.8 Å². The van der Waals surface area contributed by atoms with Gasteiger partial charge in [-0.3, -0.25) is 14.5 Å². The van der Waals surface area contributed by atoms with E-state index in [4.69, 9.17) is 14.2 Å². The molecule has 0 saturated carbocycles. The molecule has 0 fully saturated rings. The fourth-order valence-electron chi connectivity index (χ4n) is 3.20. The van der Waals surface area contributed by atoms with Crippen molar-refractivity contribution in [3.05, 3.63) is 53.6 Å². The topological polar surface area (TPSA) is 82.1 Å². The first-order valence-electron chi connectivity index (χ1n) is 8.67. The quantitative estimate of drug-likeness (QED) is 0.420. The Kier molecular flexibility index (Phi) is 4.95. The molecule has 0 aromatic heterocycles. The Morgan fingerprint density at radius 3 is 2.46 bits per heavy atom. The third kappa shape index (κ3) is 3.20. The van der Waals surface area contributed by atoms with Crippen molar-refractivity contribution in [3.63, 3.8) is 0 Å². The van der Waals surface area contributed by atoms with Crippen LogP contribution in [-0.4, -0.2) is 47.5 Å². The van der Waals surface area contributed by atoms with Crippen LogP contribution in [0.2, 0.25) is 0 Å². The van der Waals surface area contributed by atoms with E-state index in [1.54, 1.807) is 42.5 Å². The maximum Gasteiger partial charge on any atom is 0.334 e. The largest absolute Gasteiger partial charge is 0.454 e. The fraction of sp³-hybridized carbons (Fsp3) is 0.250. The van der Waals surface area contributed by atoms with Gasteiger partial charge in [0.2, 0.25) is 6.79 Å². The Bertz CT molecular complexity index is 924. The molecule has 0 spiro atoms. The van der Waals surface area contributed by atoms with Crippen molar-refractivity contribution in [2.24, 2.45) is 0 Å². The van der Waals surface area contributed by atoms with Gasteiger partial charge in [-0.25, -0.2) is 4.79 Å². The molecule has 0 aliphatic carbocycles. The third-order valence-corrected chi connectivity index (χ3v) is 5.21. The summed E-state index contributed by atoms with van der Waals surface area (Å²) in [6.45, 7) is 0.109. The average molecular weight is 399 g/mol. The molecule has 0 saturated heterocycles. The standard InChI is InChI=1S/C20H17NO6S/c1-28-9-8-15(21-18(22)13-4-2-3-5-14(13)19(21)23)20(24)27-12-6-7-16-17(10-12)26-11-25-16/h2-7,10,15H,8-9,11H2,1H3/t15-/m0/s1. The normalized spacial score (nSPS) is 15.5. The second-order valence-electron chi connectivity index (χ2n) is 6.26. The number of hydrogen-bond donors (Lipinski definition) is 0. The van der Waals surface area contributed by atoms with Crippen LogP contribution in [0.3, 0.4) is 0 Å². The minimum absolute atomic E-state index is 0.109. The summed E-state index contributed by atoms with van der Waals surface area (Å²) in [5, 5.41) is 0. The molecule has 28 heavy (non-hydrogen) atoms. The molecule has 2 amide bonds. The van der Waals surface area contributed by atoms with Crippen LogP contribution in [0.15, 0.2) is 42.5 Å². The van der Waals surface area contributed by atoms with E-state index < -0.39 is 23.8 Å². The van der Waals surface area contributed by atoms with Gasteiger partial charge in [0.05, 0.1) is 11.1 Å². The predicted octanol–water partition coefficient (Wildman–Crippen LogP) is 2.74. The number of amides is 2. The van der Waals surface area contributed by atoms with Gasteiger partial charge in [0.25, 0.3) is 11.8 Å². The van der Waals surface area contributed by atoms with E-state index in [1.807, 2.05) is 6.26 Å². The van der Waals surface area contributed by atoms with Crippen molar-refractivity contribution in [2.75, 3.05) is 18.8 Å². The molecule has 2 aliphatic rings. The van der Waals surface area contributed by atoms with E-state index in [2.05, 4.69) is 0 Å². The number of thioether (sulfide) groups is 1. The van der Waals surface area contributed by atoms with Gasteiger partial charge in [-0.05, 0) is 42.7 Å². The van der Waals surface area contributed by atoms with E-state index in [9.17, 15) is 14.4 Å². The molecular formula is C20H17NO6S. The molecule has 2 aliphatic heterocycles. The second-order valence-corrected chi connectivity index (χ2v) is 7.24. The monoisotopic (exact) mass is 399 g/mol. The van der Waals surface area contributed by atoms with Gasteiger partial charge in [0, 0.05) is 6.07 Å². The Morgan fingerprint density at radius 1 is 1.11 bits per heavy atom. The molecule has 4 rings (SSSR count). The van der Waals surface area contributed by atoms with Crippen LogP contribution >= 0.6 is 11.8 Å². The third-order valence-electron chi connectivity index (χ3n) is 4.57. The number of rotatable bonds is 6. The lowest BCUT2D eigenvalue weighted by atomic mass is 10.1. The molecule has 2 heterocycles. The highest BCUT2D eigenvalue weighted by atomic mass is 32.2. The Balaban J connectivity index is 1.59. The van der Waals surface area contributed by atoms with Crippen LogP contribution in [0.25, 0.3) is 0 Å². The second kappa shape index (κ2) is 7.55. The Hall–Kier alpha value is -3.00. The van der Waals surface area contributed by atoms with Crippen LogP contribution in [0, 0.1) is 0 Å². The molecule has 144 valence electrons. The molecule has 0 radical (unpaired) electrons. The van der Waals surface area contributed by atoms with Crippen molar-refractivity contribution in [2.45, 2.75) is 12.5 Å². The summed E-state index contributed by atoms with van der Waals surface area (Å²) in [4.78, 5) is 39.5. The minimum atomic E-state index is -1.01.